The Hall–Kier alpha value is -0.990. The quantitative estimate of drug-likeness (QED) is 0.791. The number of sulfonamides is 1. The number of hydrogen-bond donors (Lipinski definition) is 2. The molecule has 0 aromatic heterocycles. The summed E-state index contributed by atoms with van der Waals surface area (Å²) in [5, 5.41) is 4.76. The zero-order valence-corrected chi connectivity index (χ0v) is 12.8. The summed E-state index contributed by atoms with van der Waals surface area (Å²) in [5.41, 5.74) is 0.775. The number of hydrogen-bond acceptors (Lipinski definition) is 5. The topological polar surface area (TPSA) is 64.7 Å². The molecule has 1 fully saturated rings. The predicted octanol–water partition coefficient (Wildman–Crippen LogP) is -0.153. The number of benzene rings is 1. The van der Waals surface area contributed by atoms with Crippen LogP contribution in [0.4, 0.5) is 0 Å². The van der Waals surface area contributed by atoms with E-state index >= 15 is 0 Å². The summed E-state index contributed by atoms with van der Waals surface area (Å²) >= 11 is 0. The predicted molar refractivity (Wildman–Crippen MR) is 78.6 cm³/mol. The molecule has 1 aliphatic heterocycles. The van der Waals surface area contributed by atoms with Gasteiger partial charge in [-0.25, -0.2) is 13.4 Å². The van der Waals surface area contributed by atoms with Gasteiger partial charge in [-0.3, -0.25) is 0 Å². The Kier molecular flexibility index (Phi) is 5.11. The largest absolute Gasteiger partial charge is 0.316 e. The Bertz CT molecular complexity index is 539. The third-order valence-corrected chi connectivity index (χ3v) is 4.86. The van der Waals surface area contributed by atoms with Gasteiger partial charge in [0.25, 0.3) is 10.0 Å². The molecular formula is C13H22N4O2S. The molecule has 1 aliphatic rings. The highest BCUT2D eigenvalue weighted by Crippen LogP contribution is 2.15. The van der Waals surface area contributed by atoms with Crippen molar-refractivity contribution in [1.29, 1.82) is 0 Å². The van der Waals surface area contributed by atoms with Gasteiger partial charge in [-0.15, -0.1) is 4.83 Å². The van der Waals surface area contributed by atoms with Crippen molar-refractivity contribution in [3.8, 4) is 0 Å². The summed E-state index contributed by atoms with van der Waals surface area (Å²) in [6.07, 6.45) is 0. The van der Waals surface area contributed by atoms with Crippen LogP contribution in [-0.4, -0.2) is 58.6 Å². The van der Waals surface area contributed by atoms with Crippen LogP contribution in [0, 0.1) is 0 Å². The molecule has 0 unspecified atom stereocenters. The van der Waals surface area contributed by atoms with Crippen LogP contribution in [0.2, 0.25) is 0 Å². The number of hydrazine groups is 1. The molecule has 0 aliphatic carbocycles. The monoisotopic (exact) mass is 298 g/mol. The molecule has 0 amide bonds. The van der Waals surface area contributed by atoms with E-state index in [0.717, 1.165) is 18.7 Å². The highest BCUT2D eigenvalue weighted by Gasteiger charge is 2.23. The lowest BCUT2D eigenvalue weighted by Crippen LogP contribution is -2.52. The van der Waals surface area contributed by atoms with E-state index in [1.54, 1.807) is 24.2 Å². The molecule has 1 aromatic rings. The lowest BCUT2D eigenvalue weighted by atomic mass is 10.2. The fourth-order valence-electron chi connectivity index (χ4n) is 2.22. The Morgan fingerprint density at radius 2 is 1.80 bits per heavy atom. The van der Waals surface area contributed by atoms with E-state index in [4.69, 9.17) is 0 Å². The van der Waals surface area contributed by atoms with Crippen molar-refractivity contribution in [3.63, 3.8) is 0 Å². The second-order valence-corrected chi connectivity index (χ2v) is 6.65. The fraction of sp³-hybridized carbons (Fsp3) is 0.538. The normalized spacial score (nSPS) is 18.3. The van der Waals surface area contributed by atoms with Crippen LogP contribution >= 0.6 is 0 Å². The van der Waals surface area contributed by atoms with Crippen LogP contribution in [0.3, 0.4) is 0 Å². The number of likely N-dealkylation sites (N-methyl/N-ethyl adjacent to an activating group) is 1. The van der Waals surface area contributed by atoms with Crippen LogP contribution in [0.5, 0.6) is 0 Å². The van der Waals surface area contributed by atoms with Crippen molar-refractivity contribution in [3.05, 3.63) is 29.8 Å². The zero-order valence-electron chi connectivity index (χ0n) is 12.0. The molecule has 0 bridgehead atoms. The van der Waals surface area contributed by atoms with Gasteiger partial charge in [0.2, 0.25) is 0 Å². The smallest absolute Gasteiger partial charge is 0.253 e. The highest BCUT2D eigenvalue weighted by atomic mass is 32.2. The fourth-order valence-corrected chi connectivity index (χ4v) is 3.58. The van der Waals surface area contributed by atoms with E-state index in [1.165, 1.54) is 0 Å². The Morgan fingerprint density at radius 1 is 1.15 bits per heavy atom. The second-order valence-electron chi connectivity index (χ2n) is 5.02. The lowest BCUT2D eigenvalue weighted by molar-refractivity contribution is 0.135. The van der Waals surface area contributed by atoms with Crippen LogP contribution in [0.15, 0.2) is 29.2 Å². The van der Waals surface area contributed by atoms with Crippen LogP contribution in [-0.2, 0) is 16.6 Å². The summed E-state index contributed by atoms with van der Waals surface area (Å²) in [4.78, 5) is 5.20. The van der Waals surface area contributed by atoms with Gasteiger partial charge in [0.15, 0.2) is 0 Å². The number of nitrogens with zero attached hydrogens (tertiary/aromatic N) is 2. The summed E-state index contributed by atoms with van der Waals surface area (Å²) in [5.74, 6) is 0. The van der Waals surface area contributed by atoms with Crippen LogP contribution in [0.25, 0.3) is 0 Å². The standard InChI is InChI=1S/C13H22N4O2S/c1-14-11-12-5-3-4-6-13(12)20(18,19)15-17-9-7-16(2)8-10-17/h3-6,14-15H,7-11H2,1-2H3. The molecule has 0 radical (unpaired) electrons. The van der Waals surface area contributed by atoms with Crippen LogP contribution < -0.4 is 10.1 Å². The summed E-state index contributed by atoms with van der Waals surface area (Å²) < 4.78 is 25.0. The number of rotatable bonds is 5. The molecule has 2 N–H and O–H groups in total. The maximum Gasteiger partial charge on any atom is 0.253 e. The maximum atomic E-state index is 12.5. The summed E-state index contributed by atoms with van der Waals surface area (Å²) in [7, 11) is 0.326. The van der Waals surface area contributed by atoms with Crippen molar-refractivity contribution < 1.29 is 8.42 Å². The van der Waals surface area contributed by atoms with Crippen LogP contribution in [0.1, 0.15) is 5.56 Å². The van der Waals surface area contributed by atoms with Gasteiger partial charge < -0.3 is 10.2 Å². The van der Waals surface area contributed by atoms with E-state index in [9.17, 15) is 8.42 Å². The Morgan fingerprint density at radius 3 is 2.45 bits per heavy atom. The highest BCUT2D eigenvalue weighted by molar-refractivity contribution is 7.89. The SMILES string of the molecule is CNCc1ccccc1S(=O)(=O)NN1CCN(C)CC1. The van der Waals surface area contributed by atoms with Gasteiger partial charge in [0, 0.05) is 32.7 Å². The van der Waals surface area contributed by atoms with E-state index in [0.29, 0.717) is 24.5 Å². The van der Waals surface area contributed by atoms with Gasteiger partial charge in [0.1, 0.15) is 0 Å². The van der Waals surface area contributed by atoms with Gasteiger partial charge in [-0.2, -0.15) is 0 Å². The van der Waals surface area contributed by atoms with Crippen molar-refractivity contribution >= 4 is 10.0 Å². The molecule has 1 aromatic carbocycles. The number of piperazine rings is 1. The summed E-state index contributed by atoms with van der Waals surface area (Å²) in [6.45, 7) is 3.65. The molecule has 7 heteroatoms. The first-order chi connectivity index (χ1) is 9.53. The molecule has 112 valence electrons. The first kappa shape index (κ1) is 15.4. The van der Waals surface area contributed by atoms with Gasteiger partial charge >= 0.3 is 0 Å². The lowest BCUT2D eigenvalue weighted by Gasteiger charge is -2.32. The first-order valence-corrected chi connectivity index (χ1v) is 8.19. The van der Waals surface area contributed by atoms with Crippen molar-refractivity contribution in [2.24, 2.45) is 0 Å². The van der Waals surface area contributed by atoms with E-state index in [-0.39, 0.29) is 0 Å². The number of nitrogens with one attached hydrogen (secondary N) is 2. The molecule has 0 spiro atoms. The van der Waals surface area contributed by atoms with Gasteiger partial charge in [-0.05, 0) is 25.7 Å². The van der Waals surface area contributed by atoms with Gasteiger partial charge in [0.05, 0.1) is 4.90 Å². The van der Waals surface area contributed by atoms with E-state index in [2.05, 4.69) is 15.0 Å². The van der Waals surface area contributed by atoms with E-state index < -0.39 is 10.0 Å². The zero-order chi connectivity index (χ0) is 14.6. The first-order valence-electron chi connectivity index (χ1n) is 6.71. The van der Waals surface area contributed by atoms with Crippen molar-refractivity contribution in [2.75, 3.05) is 40.3 Å². The van der Waals surface area contributed by atoms with E-state index in [1.807, 2.05) is 19.2 Å². The molecule has 1 heterocycles. The average Bonchev–Trinajstić information content (AvgIpc) is 2.42. The molecular weight excluding hydrogens is 276 g/mol. The maximum absolute atomic E-state index is 12.5. The Balaban J connectivity index is 2.14. The molecule has 6 nitrogen and oxygen atoms in total. The minimum Gasteiger partial charge on any atom is -0.316 e. The molecule has 1 saturated heterocycles. The van der Waals surface area contributed by atoms with Crippen molar-refractivity contribution in [2.45, 2.75) is 11.4 Å². The third-order valence-electron chi connectivity index (χ3n) is 3.38. The van der Waals surface area contributed by atoms with Crippen molar-refractivity contribution in [1.82, 2.24) is 20.1 Å². The third kappa shape index (κ3) is 3.77. The molecule has 20 heavy (non-hydrogen) atoms. The molecule has 2 rings (SSSR count). The minimum atomic E-state index is -3.51. The van der Waals surface area contributed by atoms with Gasteiger partial charge in [-0.1, -0.05) is 18.2 Å². The Labute approximate surface area is 120 Å². The second kappa shape index (κ2) is 6.64. The summed E-state index contributed by atoms with van der Waals surface area (Å²) in [6, 6.07) is 7.07. The minimum absolute atomic E-state index is 0.341. The average molecular weight is 298 g/mol. The molecule has 0 atom stereocenters. The molecule has 0 saturated carbocycles.